The van der Waals surface area contributed by atoms with E-state index in [0.29, 0.717) is 0 Å². The van der Waals surface area contributed by atoms with Crippen LogP contribution in [0.15, 0.2) is 5.16 Å². The molecule has 0 atom stereocenters. The molecule has 0 heterocycles. The van der Waals surface area contributed by atoms with Crippen LogP contribution in [0.25, 0.3) is 0 Å². The molecule has 5 N–H and O–H groups in total. The van der Waals surface area contributed by atoms with Gasteiger partial charge in [-0.15, -0.1) is 0 Å². The zero-order chi connectivity index (χ0) is 14.4. The Kier molecular flexibility index (Phi) is 5.73. The number of nitrogens with one attached hydrogen (secondary N) is 2. The van der Waals surface area contributed by atoms with Crippen LogP contribution < -0.4 is 16.4 Å². The summed E-state index contributed by atoms with van der Waals surface area (Å²) in [6.45, 7) is 1.87. The third kappa shape index (κ3) is 4.68. The number of carbonyl (C=O) groups is 1. The number of amides is 2. The maximum absolute atomic E-state index is 11.9. The summed E-state index contributed by atoms with van der Waals surface area (Å²) in [6, 6.07) is -1.03. The number of nitrogens with zero attached hydrogens (tertiary/aromatic N) is 1. The van der Waals surface area contributed by atoms with Crippen molar-refractivity contribution in [1.29, 1.82) is 0 Å². The highest BCUT2D eigenvalue weighted by atomic mass is 19.4. The van der Waals surface area contributed by atoms with E-state index in [0.717, 1.165) is 0 Å². The maximum atomic E-state index is 11.9. The van der Waals surface area contributed by atoms with Gasteiger partial charge in [-0.05, 0) is 12.8 Å². The highest BCUT2D eigenvalue weighted by molar-refractivity contribution is 5.93. The Morgan fingerprint density at radius 3 is 2.17 bits per heavy atom. The molecule has 0 rings (SSSR count). The summed E-state index contributed by atoms with van der Waals surface area (Å²) in [6.07, 6.45) is -3.94. The second-order valence-corrected chi connectivity index (χ2v) is 3.70. The Hall–Kier alpha value is -1.67. The number of urea groups is 1. The van der Waals surface area contributed by atoms with E-state index in [1.54, 1.807) is 19.2 Å². The minimum atomic E-state index is -4.49. The Morgan fingerprint density at radius 1 is 1.33 bits per heavy atom. The second kappa shape index (κ2) is 6.31. The van der Waals surface area contributed by atoms with E-state index in [1.807, 2.05) is 0 Å². The van der Waals surface area contributed by atoms with Gasteiger partial charge in [0.25, 0.3) is 0 Å². The Bertz CT molecular complexity index is 313. The molecule has 0 aromatic heterocycles. The normalized spacial score (nSPS) is 13.3. The van der Waals surface area contributed by atoms with Crippen molar-refractivity contribution in [2.75, 3.05) is 6.54 Å². The van der Waals surface area contributed by atoms with Crippen LogP contribution in [0, 0.1) is 0 Å². The first kappa shape index (κ1) is 16.3. The van der Waals surface area contributed by atoms with Gasteiger partial charge >= 0.3 is 12.2 Å². The number of oxime groups is 1. The third-order valence-electron chi connectivity index (χ3n) is 2.61. The summed E-state index contributed by atoms with van der Waals surface area (Å²) in [5.41, 5.74) is 4.28. The van der Waals surface area contributed by atoms with Gasteiger partial charge in [-0.3, -0.25) is 0 Å². The molecule has 0 fully saturated rings. The van der Waals surface area contributed by atoms with Gasteiger partial charge in [0.2, 0.25) is 0 Å². The molecule has 106 valence electrons. The van der Waals surface area contributed by atoms with Crippen LogP contribution in [0.2, 0.25) is 0 Å². The van der Waals surface area contributed by atoms with E-state index in [-0.39, 0.29) is 18.7 Å². The van der Waals surface area contributed by atoms with E-state index in [2.05, 4.69) is 10.5 Å². The van der Waals surface area contributed by atoms with Gasteiger partial charge in [0.15, 0.2) is 5.84 Å². The molecule has 9 heteroatoms. The number of halogens is 3. The van der Waals surface area contributed by atoms with Crippen molar-refractivity contribution in [3.05, 3.63) is 0 Å². The van der Waals surface area contributed by atoms with Crippen molar-refractivity contribution in [3.63, 3.8) is 0 Å². The molecular formula is C9H17F3N4O2. The summed E-state index contributed by atoms with van der Waals surface area (Å²) >= 11 is 0. The van der Waals surface area contributed by atoms with E-state index in [1.165, 1.54) is 0 Å². The Balaban J connectivity index is 4.66. The number of rotatable bonds is 5. The summed E-state index contributed by atoms with van der Waals surface area (Å²) < 4.78 is 35.7. The number of nitrogens with two attached hydrogens (primary N) is 1. The first-order chi connectivity index (χ1) is 8.20. The molecular weight excluding hydrogens is 253 g/mol. The quantitative estimate of drug-likeness (QED) is 0.261. The lowest BCUT2D eigenvalue weighted by Gasteiger charge is -2.31. The molecule has 0 aromatic carbocycles. The van der Waals surface area contributed by atoms with E-state index in [4.69, 9.17) is 10.9 Å². The minimum Gasteiger partial charge on any atom is -0.409 e. The Labute approximate surface area is 102 Å². The first-order valence-corrected chi connectivity index (χ1v) is 5.31. The summed E-state index contributed by atoms with van der Waals surface area (Å²) in [7, 11) is 0. The smallest absolute Gasteiger partial charge is 0.405 e. The van der Waals surface area contributed by atoms with E-state index >= 15 is 0 Å². The van der Waals surface area contributed by atoms with Crippen molar-refractivity contribution < 1.29 is 23.2 Å². The molecule has 6 nitrogen and oxygen atoms in total. The van der Waals surface area contributed by atoms with Gasteiger partial charge in [0.1, 0.15) is 12.1 Å². The van der Waals surface area contributed by atoms with Gasteiger partial charge < -0.3 is 21.6 Å². The van der Waals surface area contributed by atoms with Crippen LogP contribution in [0.4, 0.5) is 18.0 Å². The number of hydrogen-bond donors (Lipinski definition) is 4. The lowest BCUT2D eigenvalue weighted by molar-refractivity contribution is -0.122. The second-order valence-electron chi connectivity index (χ2n) is 3.70. The fourth-order valence-electron chi connectivity index (χ4n) is 1.39. The molecule has 2 amide bonds. The van der Waals surface area contributed by atoms with Gasteiger partial charge in [0, 0.05) is 0 Å². The molecule has 0 aliphatic carbocycles. The van der Waals surface area contributed by atoms with Crippen molar-refractivity contribution in [3.8, 4) is 0 Å². The van der Waals surface area contributed by atoms with Crippen LogP contribution in [0.3, 0.4) is 0 Å². The Morgan fingerprint density at radius 2 is 1.83 bits per heavy atom. The largest absolute Gasteiger partial charge is 0.409 e. The van der Waals surface area contributed by atoms with Crippen molar-refractivity contribution >= 4 is 11.9 Å². The zero-order valence-corrected chi connectivity index (χ0v) is 10.1. The minimum absolute atomic E-state index is 0.255. The number of amidine groups is 1. The monoisotopic (exact) mass is 270 g/mol. The maximum Gasteiger partial charge on any atom is 0.405 e. The molecule has 0 saturated carbocycles. The standard InChI is InChI=1S/C9H17F3N4O2/c1-3-8(4-2,6(13)16-18)15-7(17)14-5-9(10,11)12/h18H,3-5H2,1-2H3,(H2,13,16)(H2,14,15,17). The molecule has 0 aliphatic rings. The van der Waals surface area contributed by atoms with Crippen molar-refractivity contribution in [2.45, 2.75) is 38.4 Å². The molecule has 0 saturated heterocycles. The van der Waals surface area contributed by atoms with E-state index in [9.17, 15) is 18.0 Å². The van der Waals surface area contributed by atoms with Crippen LogP contribution in [0.5, 0.6) is 0 Å². The van der Waals surface area contributed by atoms with Crippen molar-refractivity contribution in [1.82, 2.24) is 10.6 Å². The fraction of sp³-hybridized carbons (Fsp3) is 0.778. The average Bonchev–Trinajstić information content (AvgIpc) is 2.31. The van der Waals surface area contributed by atoms with Crippen LogP contribution in [-0.2, 0) is 0 Å². The molecule has 0 radical (unpaired) electrons. The van der Waals surface area contributed by atoms with E-state index < -0.39 is 24.3 Å². The summed E-state index contributed by atoms with van der Waals surface area (Å²) in [4.78, 5) is 11.3. The number of alkyl halides is 3. The predicted octanol–water partition coefficient (Wildman–Crippen LogP) is 1.15. The lowest BCUT2D eigenvalue weighted by atomic mass is 9.91. The van der Waals surface area contributed by atoms with Gasteiger partial charge in [-0.1, -0.05) is 19.0 Å². The van der Waals surface area contributed by atoms with Gasteiger partial charge in [0.05, 0.1) is 0 Å². The number of hydrogen-bond acceptors (Lipinski definition) is 3. The molecule has 18 heavy (non-hydrogen) atoms. The van der Waals surface area contributed by atoms with Gasteiger partial charge in [-0.25, -0.2) is 4.79 Å². The van der Waals surface area contributed by atoms with Crippen LogP contribution in [0.1, 0.15) is 26.7 Å². The highest BCUT2D eigenvalue weighted by Gasteiger charge is 2.34. The first-order valence-electron chi connectivity index (χ1n) is 5.31. The highest BCUT2D eigenvalue weighted by Crippen LogP contribution is 2.16. The van der Waals surface area contributed by atoms with Crippen LogP contribution >= 0.6 is 0 Å². The number of carbonyl (C=O) groups excluding carboxylic acids is 1. The summed E-state index contributed by atoms with van der Waals surface area (Å²) in [5, 5.41) is 15.4. The molecule has 0 aromatic rings. The topological polar surface area (TPSA) is 99.7 Å². The van der Waals surface area contributed by atoms with Crippen LogP contribution in [-0.4, -0.2) is 35.3 Å². The van der Waals surface area contributed by atoms with Gasteiger partial charge in [-0.2, -0.15) is 13.2 Å². The lowest BCUT2D eigenvalue weighted by Crippen LogP contribution is -2.59. The molecule has 0 spiro atoms. The predicted molar refractivity (Wildman–Crippen MR) is 59.3 cm³/mol. The zero-order valence-electron chi connectivity index (χ0n) is 10.1. The summed E-state index contributed by atoms with van der Waals surface area (Å²) in [5.74, 6) is -0.255. The third-order valence-corrected chi connectivity index (χ3v) is 2.61. The molecule has 0 bridgehead atoms. The fourth-order valence-corrected chi connectivity index (χ4v) is 1.39. The molecule has 0 aliphatic heterocycles. The SMILES string of the molecule is CCC(CC)(NC(=O)NCC(F)(F)F)C(N)=NO. The van der Waals surface area contributed by atoms with Crippen molar-refractivity contribution in [2.24, 2.45) is 10.9 Å². The average molecular weight is 270 g/mol. The molecule has 0 unspecified atom stereocenters.